The summed E-state index contributed by atoms with van der Waals surface area (Å²) in [6, 6.07) is 15.6. The van der Waals surface area contributed by atoms with E-state index in [1.54, 1.807) is 0 Å². The molecular formula is C22H29Cl2N5O. The number of benzene rings is 1. The van der Waals surface area contributed by atoms with Gasteiger partial charge in [0.2, 0.25) is 5.91 Å². The molecule has 4 rings (SSSR count). The molecule has 1 fully saturated rings. The van der Waals surface area contributed by atoms with Gasteiger partial charge in [-0.25, -0.2) is 4.98 Å². The standard InChI is InChI=1S/C22H27N5O.2ClH/c1-17(21(23)18-7-3-2-4-8-18)22(28)26-13-11-25(12-14-26)15-19-16-27-10-6-5-9-20(27)24-19;;/h2-10,16-17,21H,11-15,23H2,1H3;2*1H. The Bertz CT molecular complexity index is 908. The van der Waals surface area contributed by atoms with Crippen molar-refractivity contribution in [1.29, 1.82) is 0 Å². The first kappa shape index (κ1) is 24.2. The summed E-state index contributed by atoms with van der Waals surface area (Å²) in [6.45, 7) is 5.92. The summed E-state index contributed by atoms with van der Waals surface area (Å²) in [4.78, 5) is 21.9. The number of halogens is 2. The van der Waals surface area contributed by atoms with Gasteiger partial charge < -0.3 is 15.0 Å². The predicted molar refractivity (Wildman–Crippen MR) is 124 cm³/mol. The second-order valence-corrected chi connectivity index (χ2v) is 7.52. The summed E-state index contributed by atoms with van der Waals surface area (Å²) in [5, 5.41) is 0. The number of carbonyl (C=O) groups excluding carboxylic acids is 1. The van der Waals surface area contributed by atoms with Gasteiger partial charge in [-0.2, -0.15) is 0 Å². The van der Waals surface area contributed by atoms with Crippen LogP contribution in [0.4, 0.5) is 0 Å². The quantitative estimate of drug-likeness (QED) is 0.649. The highest BCUT2D eigenvalue weighted by molar-refractivity contribution is 5.85. The fraction of sp³-hybridized carbons (Fsp3) is 0.364. The topological polar surface area (TPSA) is 66.9 Å². The normalized spacial score (nSPS) is 16.4. The van der Waals surface area contributed by atoms with Crippen LogP contribution < -0.4 is 5.73 Å². The van der Waals surface area contributed by atoms with E-state index in [2.05, 4.69) is 16.1 Å². The van der Waals surface area contributed by atoms with Crippen molar-refractivity contribution in [2.45, 2.75) is 19.5 Å². The molecule has 2 aromatic heterocycles. The van der Waals surface area contributed by atoms with E-state index in [1.807, 2.05) is 71.0 Å². The maximum absolute atomic E-state index is 12.9. The van der Waals surface area contributed by atoms with Crippen molar-refractivity contribution in [3.8, 4) is 0 Å². The minimum Gasteiger partial charge on any atom is -0.340 e. The highest BCUT2D eigenvalue weighted by Gasteiger charge is 2.29. The molecule has 1 saturated heterocycles. The molecule has 3 heterocycles. The Morgan fingerprint density at radius 2 is 1.70 bits per heavy atom. The van der Waals surface area contributed by atoms with Crippen LogP contribution >= 0.6 is 24.8 Å². The summed E-state index contributed by atoms with van der Waals surface area (Å²) < 4.78 is 2.04. The fourth-order valence-corrected chi connectivity index (χ4v) is 3.82. The number of aromatic nitrogens is 2. The first-order chi connectivity index (χ1) is 13.6. The van der Waals surface area contributed by atoms with Gasteiger partial charge in [-0.1, -0.05) is 43.3 Å². The lowest BCUT2D eigenvalue weighted by molar-refractivity contribution is -0.137. The minimum atomic E-state index is -0.273. The molecule has 8 heteroatoms. The number of nitrogens with two attached hydrogens (primary N) is 1. The summed E-state index contributed by atoms with van der Waals surface area (Å²) in [5.41, 5.74) is 9.38. The molecule has 0 aliphatic carbocycles. The Morgan fingerprint density at radius 3 is 2.37 bits per heavy atom. The maximum atomic E-state index is 12.9. The second-order valence-electron chi connectivity index (χ2n) is 7.52. The third kappa shape index (κ3) is 5.32. The zero-order valence-corrected chi connectivity index (χ0v) is 18.7. The fourth-order valence-electron chi connectivity index (χ4n) is 3.82. The highest BCUT2D eigenvalue weighted by Crippen LogP contribution is 2.22. The van der Waals surface area contributed by atoms with Gasteiger partial charge in [0.05, 0.1) is 11.6 Å². The maximum Gasteiger partial charge on any atom is 0.227 e. The lowest BCUT2D eigenvalue weighted by atomic mass is 9.94. The number of fused-ring (bicyclic) bond motifs is 1. The molecule has 0 radical (unpaired) electrons. The van der Waals surface area contributed by atoms with Crippen molar-refractivity contribution in [3.05, 3.63) is 72.2 Å². The third-order valence-corrected chi connectivity index (χ3v) is 5.60. The SMILES string of the molecule is CC(C(=O)N1CCN(Cc2cn3ccccc3n2)CC1)C(N)c1ccccc1.Cl.Cl. The number of hydrogen-bond donors (Lipinski definition) is 1. The van der Waals surface area contributed by atoms with Gasteiger partial charge in [-0.15, -0.1) is 24.8 Å². The summed E-state index contributed by atoms with van der Waals surface area (Å²) in [7, 11) is 0. The molecule has 1 amide bonds. The van der Waals surface area contributed by atoms with Crippen molar-refractivity contribution < 1.29 is 4.79 Å². The van der Waals surface area contributed by atoms with E-state index in [1.165, 1.54) is 0 Å². The van der Waals surface area contributed by atoms with Crippen LogP contribution in [-0.2, 0) is 11.3 Å². The van der Waals surface area contributed by atoms with Crippen LogP contribution in [0.5, 0.6) is 0 Å². The number of pyridine rings is 1. The molecule has 1 aromatic carbocycles. The number of carbonyl (C=O) groups is 1. The molecule has 0 spiro atoms. The largest absolute Gasteiger partial charge is 0.340 e. The van der Waals surface area contributed by atoms with Gasteiger partial charge in [0.1, 0.15) is 5.65 Å². The molecule has 30 heavy (non-hydrogen) atoms. The van der Waals surface area contributed by atoms with Gasteiger partial charge >= 0.3 is 0 Å². The first-order valence-corrected chi connectivity index (χ1v) is 9.86. The Hall–Kier alpha value is -2.12. The zero-order chi connectivity index (χ0) is 19.5. The Kier molecular flexibility index (Phi) is 8.67. The van der Waals surface area contributed by atoms with Crippen LogP contribution in [0.2, 0.25) is 0 Å². The van der Waals surface area contributed by atoms with Crippen LogP contribution in [0.3, 0.4) is 0 Å². The van der Waals surface area contributed by atoms with Crippen molar-refractivity contribution >= 4 is 36.4 Å². The highest BCUT2D eigenvalue weighted by atomic mass is 35.5. The predicted octanol–water partition coefficient (Wildman–Crippen LogP) is 3.16. The summed E-state index contributed by atoms with van der Waals surface area (Å²) >= 11 is 0. The number of imidazole rings is 1. The number of rotatable bonds is 5. The monoisotopic (exact) mass is 449 g/mol. The van der Waals surface area contributed by atoms with E-state index in [4.69, 9.17) is 5.73 Å². The van der Waals surface area contributed by atoms with Crippen LogP contribution in [0.25, 0.3) is 5.65 Å². The molecule has 1 aliphatic rings. The van der Waals surface area contributed by atoms with Gasteiger partial charge in [-0.05, 0) is 17.7 Å². The van der Waals surface area contributed by atoms with E-state index >= 15 is 0 Å². The Balaban J connectivity index is 0.00000160. The first-order valence-electron chi connectivity index (χ1n) is 9.86. The van der Waals surface area contributed by atoms with E-state index in [-0.39, 0.29) is 42.7 Å². The van der Waals surface area contributed by atoms with Crippen molar-refractivity contribution in [2.24, 2.45) is 11.7 Å². The molecule has 2 unspecified atom stereocenters. The molecular weight excluding hydrogens is 421 g/mol. The zero-order valence-electron chi connectivity index (χ0n) is 17.1. The molecule has 3 aromatic rings. The summed E-state index contributed by atoms with van der Waals surface area (Å²) in [6.07, 6.45) is 4.09. The van der Waals surface area contributed by atoms with Crippen LogP contribution in [-0.4, -0.2) is 51.3 Å². The molecule has 1 aliphatic heterocycles. The number of nitrogens with zero attached hydrogens (tertiary/aromatic N) is 4. The third-order valence-electron chi connectivity index (χ3n) is 5.60. The smallest absolute Gasteiger partial charge is 0.227 e. The van der Waals surface area contributed by atoms with Crippen LogP contribution in [0, 0.1) is 5.92 Å². The van der Waals surface area contributed by atoms with E-state index in [0.717, 1.165) is 49.6 Å². The minimum absolute atomic E-state index is 0. The Labute approximate surface area is 189 Å². The second kappa shape index (κ2) is 10.8. The average Bonchev–Trinajstić information content (AvgIpc) is 3.15. The van der Waals surface area contributed by atoms with E-state index < -0.39 is 0 Å². The van der Waals surface area contributed by atoms with Gasteiger partial charge in [0.25, 0.3) is 0 Å². The summed E-state index contributed by atoms with van der Waals surface area (Å²) in [5.74, 6) is -0.0869. The van der Waals surface area contributed by atoms with Gasteiger partial charge in [0, 0.05) is 51.2 Å². The molecule has 0 bridgehead atoms. The molecule has 6 nitrogen and oxygen atoms in total. The van der Waals surface area contributed by atoms with Gasteiger partial charge in [0.15, 0.2) is 0 Å². The lowest BCUT2D eigenvalue weighted by Gasteiger charge is -2.36. The van der Waals surface area contributed by atoms with E-state index in [9.17, 15) is 4.79 Å². The number of piperazine rings is 1. The lowest BCUT2D eigenvalue weighted by Crippen LogP contribution is -2.50. The molecule has 2 N–H and O–H groups in total. The average molecular weight is 450 g/mol. The number of amides is 1. The molecule has 0 saturated carbocycles. The number of hydrogen-bond acceptors (Lipinski definition) is 4. The van der Waals surface area contributed by atoms with E-state index in [0.29, 0.717) is 0 Å². The van der Waals surface area contributed by atoms with Crippen molar-refractivity contribution in [3.63, 3.8) is 0 Å². The van der Waals surface area contributed by atoms with Crippen molar-refractivity contribution in [2.75, 3.05) is 26.2 Å². The van der Waals surface area contributed by atoms with Crippen LogP contribution in [0.15, 0.2) is 60.9 Å². The Morgan fingerprint density at radius 1 is 1.03 bits per heavy atom. The molecule has 162 valence electrons. The van der Waals surface area contributed by atoms with Gasteiger partial charge in [-0.3, -0.25) is 9.69 Å². The van der Waals surface area contributed by atoms with Crippen LogP contribution in [0.1, 0.15) is 24.2 Å². The van der Waals surface area contributed by atoms with Crippen molar-refractivity contribution in [1.82, 2.24) is 19.2 Å². The molecule has 2 atom stereocenters.